The van der Waals surface area contributed by atoms with Gasteiger partial charge in [0.15, 0.2) is 0 Å². The van der Waals surface area contributed by atoms with E-state index in [-0.39, 0.29) is 0 Å². The third kappa shape index (κ3) is 4.31. The van der Waals surface area contributed by atoms with E-state index < -0.39 is 11.9 Å². The molecular formula is C17H19NO3. The van der Waals surface area contributed by atoms with Crippen LogP contribution in [0.1, 0.15) is 16.7 Å². The largest absolute Gasteiger partial charge is 0.497 e. The second-order valence-corrected chi connectivity index (χ2v) is 5.16. The van der Waals surface area contributed by atoms with E-state index in [1.807, 2.05) is 37.3 Å². The summed E-state index contributed by atoms with van der Waals surface area (Å²) >= 11 is 0. The molecule has 0 radical (unpaired) electrons. The van der Waals surface area contributed by atoms with Gasteiger partial charge in [0.05, 0.1) is 13.0 Å². The summed E-state index contributed by atoms with van der Waals surface area (Å²) in [5.74, 6) is -0.470. The minimum atomic E-state index is -0.785. The second kappa shape index (κ2) is 6.88. The van der Waals surface area contributed by atoms with Crippen LogP contribution in [0.5, 0.6) is 5.75 Å². The first-order valence-electron chi connectivity index (χ1n) is 6.84. The summed E-state index contributed by atoms with van der Waals surface area (Å²) in [7, 11) is 1.61. The van der Waals surface area contributed by atoms with Crippen LogP contribution in [0.25, 0.3) is 0 Å². The number of pyridine rings is 1. The standard InChI is InChI=1S/C17H19NO3/c1-12-7-14(11-18-10-12)9-15(17(19)20)8-13-3-5-16(21-2)6-4-13/h3-7,10-11,15H,8-9H2,1-2H3,(H,19,20). The Morgan fingerprint density at radius 3 is 2.43 bits per heavy atom. The van der Waals surface area contributed by atoms with Gasteiger partial charge in [-0.1, -0.05) is 18.2 Å². The smallest absolute Gasteiger partial charge is 0.307 e. The zero-order valence-electron chi connectivity index (χ0n) is 12.2. The average Bonchev–Trinajstić information content (AvgIpc) is 2.47. The molecule has 0 fully saturated rings. The van der Waals surface area contributed by atoms with Gasteiger partial charge in [-0.2, -0.15) is 0 Å². The lowest BCUT2D eigenvalue weighted by Crippen LogP contribution is -2.19. The normalized spacial score (nSPS) is 11.9. The minimum absolute atomic E-state index is 0.456. The van der Waals surface area contributed by atoms with Crippen molar-refractivity contribution < 1.29 is 14.6 Å². The Morgan fingerprint density at radius 2 is 1.86 bits per heavy atom. The van der Waals surface area contributed by atoms with E-state index in [2.05, 4.69) is 4.98 Å². The van der Waals surface area contributed by atoms with Crippen LogP contribution in [0.4, 0.5) is 0 Å². The van der Waals surface area contributed by atoms with Gasteiger partial charge in [-0.15, -0.1) is 0 Å². The zero-order chi connectivity index (χ0) is 15.2. The van der Waals surface area contributed by atoms with E-state index in [9.17, 15) is 9.90 Å². The molecule has 2 rings (SSSR count). The lowest BCUT2D eigenvalue weighted by Gasteiger charge is -2.13. The first kappa shape index (κ1) is 15.0. The third-order valence-corrected chi connectivity index (χ3v) is 3.40. The highest BCUT2D eigenvalue weighted by Gasteiger charge is 2.19. The van der Waals surface area contributed by atoms with E-state index in [1.54, 1.807) is 19.5 Å². The molecule has 0 saturated heterocycles. The summed E-state index contributed by atoms with van der Waals surface area (Å²) in [6.45, 7) is 1.95. The topological polar surface area (TPSA) is 59.4 Å². The lowest BCUT2D eigenvalue weighted by atomic mass is 9.93. The fourth-order valence-corrected chi connectivity index (χ4v) is 2.31. The van der Waals surface area contributed by atoms with Crippen LogP contribution < -0.4 is 4.74 Å². The number of methoxy groups -OCH3 is 1. The maximum Gasteiger partial charge on any atom is 0.307 e. The van der Waals surface area contributed by atoms with Crippen molar-refractivity contribution in [2.75, 3.05) is 7.11 Å². The number of carboxylic acids is 1. The van der Waals surface area contributed by atoms with Crippen molar-refractivity contribution in [3.8, 4) is 5.75 Å². The molecule has 110 valence electrons. The summed E-state index contributed by atoms with van der Waals surface area (Å²) in [6.07, 6.45) is 4.48. The number of aryl methyl sites for hydroxylation is 1. The molecule has 0 amide bonds. The summed E-state index contributed by atoms with van der Waals surface area (Å²) in [6, 6.07) is 9.49. The van der Waals surface area contributed by atoms with Crippen molar-refractivity contribution in [3.05, 3.63) is 59.4 Å². The highest BCUT2D eigenvalue weighted by Crippen LogP contribution is 2.18. The van der Waals surface area contributed by atoms with Crippen LogP contribution in [0.15, 0.2) is 42.7 Å². The molecule has 1 heterocycles. The Bertz CT molecular complexity index is 608. The number of carbonyl (C=O) groups is 1. The molecule has 1 aromatic heterocycles. The number of nitrogens with zero attached hydrogens (tertiary/aromatic N) is 1. The van der Waals surface area contributed by atoms with Crippen molar-refractivity contribution >= 4 is 5.97 Å². The number of hydrogen-bond donors (Lipinski definition) is 1. The van der Waals surface area contributed by atoms with Gasteiger partial charge in [-0.3, -0.25) is 9.78 Å². The number of aromatic nitrogens is 1. The molecule has 0 aliphatic carbocycles. The number of carboxylic acid groups (broad SMARTS) is 1. The summed E-state index contributed by atoms with van der Waals surface area (Å²) in [4.78, 5) is 15.6. The van der Waals surface area contributed by atoms with Crippen LogP contribution in [0.3, 0.4) is 0 Å². The number of rotatable bonds is 6. The monoisotopic (exact) mass is 285 g/mol. The molecule has 1 N–H and O–H groups in total. The minimum Gasteiger partial charge on any atom is -0.497 e. The molecule has 21 heavy (non-hydrogen) atoms. The molecule has 1 aromatic carbocycles. The van der Waals surface area contributed by atoms with Crippen LogP contribution >= 0.6 is 0 Å². The molecule has 4 nitrogen and oxygen atoms in total. The highest BCUT2D eigenvalue weighted by atomic mass is 16.5. The van der Waals surface area contributed by atoms with E-state index in [4.69, 9.17) is 4.74 Å². The fraction of sp³-hybridized carbons (Fsp3) is 0.294. The van der Waals surface area contributed by atoms with Gasteiger partial charge in [0, 0.05) is 12.4 Å². The molecule has 0 aliphatic rings. The third-order valence-electron chi connectivity index (χ3n) is 3.40. The molecule has 4 heteroatoms. The molecule has 0 saturated carbocycles. The van der Waals surface area contributed by atoms with Crippen molar-refractivity contribution in [3.63, 3.8) is 0 Å². The first-order chi connectivity index (χ1) is 10.1. The second-order valence-electron chi connectivity index (χ2n) is 5.16. The predicted molar refractivity (Wildman–Crippen MR) is 80.5 cm³/mol. The average molecular weight is 285 g/mol. The Kier molecular flexibility index (Phi) is 4.93. The number of hydrogen-bond acceptors (Lipinski definition) is 3. The van der Waals surface area contributed by atoms with Crippen LogP contribution in [-0.2, 0) is 17.6 Å². The summed E-state index contributed by atoms with van der Waals surface area (Å²) in [5.41, 5.74) is 2.99. The predicted octanol–water partition coefficient (Wildman–Crippen LogP) is 2.88. The van der Waals surface area contributed by atoms with Gasteiger partial charge in [0.1, 0.15) is 5.75 Å². The molecule has 1 unspecified atom stereocenters. The Hall–Kier alpha value is -2.36. The van der Waals surface area contributed by atoms with Gasteiger partial charge in [0.2, 0.25) is 0 Å². The Morgan fingerprint density at radius 1 is 1.19 bits per heavy atom. The van der Waals surface area contributed by atoms with E-state index in [0.29, 0.717) is 12.8 Å². The maximum atomic E-state index is 11.5. The molecular weight excluding hydrogens is 266 g/mol. The van der Waals surface area contributed by atoms with Crippen molar-refractivity contribution in [2.45, 2.75) is 19.8 Å². The van der Waals surface area contributed by atoms with E-state index >= 15 is 0 Å². The van der Waals surface area contributed by atoms with Crippen molar-refractivity contribution in [1.29, 1.82) is 0 Å². The van der Waals surface area contributed by atoms with Crippen LogP contribution in [0.2, 0.25) is 0 Å². The van der Waals surface area contributed by atoms with Gasteiger partial charge < -0.3 is 9.84 Å². The van der Waals surface area contributed by atoms with Crippen LogP contribution in [-0.4, -0.2) is 23.2 Å². The molecule has 0 bridgehead atoms. The van der Waals surface area contributed by atoms with Gasteiger partial charge in [-0.05, 0) is 48.6 Å². The quantitative estimate of drug-likeness (QED) is 0.886. The van der Waals surface area contributed by atoms with Crippen molar-refractivity contribution in [1.82, 2.24) is 4.98 Å². The fourth-order valence-electron chi connectivity index (χ4n) is 2.31. The number of aliphatic carboxylic acids is 1. The summed E-state index contributed by atoms with van der Waals surface area (Å²) in [5, 5.41) is 9.42. The van der Waals surface area contributed by atoms with Gasteiger partial charge in [0.25, 0.3) is 0 Å². The number of benzene rings is 1. The van der Waals surface area contributed by atoms with Gasteiger partial charge in [-0.25, -0.2) is 0 Å². The van der Waals surface area contributed by atoms with Crippen molar-refractivity contribution in [2.24, 2.45) is 5.92 Å². The first-order valence-corrected chi connectivity index (χ1v) is 6.84. The maximum absolute atomic E-state index is 11.5. The van der Waals surface area contributed by atoms with Gasteiger partial charge >= 0.3 is 5.97 Å². The SMILES string of the molecule is COc1ccc(CC(Cc2cncc(C)c2)C(=O)O)cc1. The molecule has 0 spiro atoms. The van der Waals surface area contributed by atoms with Crippen LogP contribution in [0, 0.1) is 12.8 Å². The zero-order valence-corrected chi connectivity index (χ0v) is 12.2. The summed E-state index contributed by atoms with van der Waals surface area (Å²) < 4.78 is 5.11. The highest BCUT2D eigenvalue weighted by molar-refractivity contribution is 5.70. The van der Waals surface area contributed by atoms with E-state index in [1.165, 1.54) is 0 Å². The lowest BCUT2D eigenvalue weighted by molar-refractivity contribution is -0.141. The Balaban J connectivity index is 2.10. The molecule has 2 aromatic rings. The molecule has 1 atom stereocenters. The molecule has 0 aliphatic heterocycles. The number of ether oxygens (including phenoxy) is 1. The van der Waals surface area contributed by atoms with E-state index in [0.717, 1.165) is 22.4 Å². The Labute approximate surface area is 124 Å².